The highest BCUT2D eigenvalue weighted by Gasteiger charge is 2.36. The molecule has 2 rings (SSSR count). The van der Waals surface area contributed by atoms with E-state index in [4.69, 9.17) is 4.74 Å². The minimum Gasteiger partial charge on any atom is -0.444 e. The molecule has 1 aliphatic rings. The molecule has 0 bridgehead atoms. The number of ether oxygens (including phenoxy) is 1. The molecule has 1 amide bonds. The summed E-state index contributed by atoms with van der Waals surface area (Å²) in [6.07, 6.45) is -1.35. The van der Waals surface area contributed by atoms with Crippen LogP contribution in [0.3, 0.4) is 0 Å². The Labute approximate surface area is 142 Å². The van der Waals surface area contributed by atoms with Crippen molar-refractivity contribution in [3.05, 3.63) is 33.8 Å². The number of nitrogens with zero attached hydrogens (tertiary/aromatic N) is 1. The van der Waals surface area contributed by atoms with Crippen molar-refractivity contribution in [3.63, 3.8) is 0 Å². The second-order valence-electron chi connectivity index (χ2n) is 6.68. The van der Waals surface area contributed by atoms with E-state index in [2.05, 4.69) is 15.9 Å². The zero-order chi connectivity index (χ0) is 17.4. The summed E-state index contributed by atoms with van der Waals surface area (Å²) in [6.45, 7) is 5.87. The lowest BCUT2D eigenvalue weighted by molar-refractivity contribution is 0.0266. The number of carbonyl (C=O) groups is 1. The first-order valence-corrected chi connectivity index (χ1v) is 8.19. The van der Waals surface area contributed by atoms with Crippen LogP contribution in [0.15, 0.2) is 16.6 Å². The summed E-state index contributed by atoms with van der Waals surface area (Å²) in [7, 11) is 0. The van der Waals surface area contributed by atoms with Crippen molar-refractivity contribution in [1.29, 1.82) is 0 Å². The molecule has 2 unspecified atom stereocenters. The highest BCUT2D eigenvalue weighted by Crippen LogP contribution is 2.35. The van der Waals surface area contributed by atoms with Gasteiger partial charge in [0, 0.05) is 19.0 Å². The molecule has 23 heavy (non-hydrogen) atoms. The quantitative estimate of drug-likeness (QED) is 0.774. The first-order chi connectivity index (χ1) is 10.6. The number of benzene rings is 1. The number of halogens is 3. The highest BCUT2D eigenvalue weighted by atomic mass is 79.9. The Morgan fingerprint density at radius 3 is 2.70 bits per heavy atom. The van der Waals surface area contributed by atoms with Gasteiger partial charge in [-0.15, -0.1) is 0 Å². The highest BCUT2D eigenvalue weighted by molar-refractivity contribution is 9.10. The molecule has 1 N–H and O–H groups in total. The summed E-state index contributed by atoms with van der Waals surface area (Å²) in [5.41, 5.74) is -0.980. The van der Waals surface area contributed by atoms with Gasteiger partial charge in [-0.25, -0.2) is 13.6 Å². The number of likely N-dealkylation sites (tertiary alicyclic amines) is 1. The molecular formula is C16H20BrF2NO3. The molecule has 1 heterocycles. The van der Waals surface area contributed by atoms with Gasteiger partial charge in [0.2, 0.25) is 0 Å². The molecule has 1 fully saturated rings. The fourth-order valence-electron chi connectivity index (χ4n) is 2.59. The van der Waals surface area contributed by atoms with Crippen LogP contribution in [-0.4, -0.2) is 34.8 Å². The minimum atomic E-state index is -1.32. The molecule has 2 atom stereocenters. The maximum absolute atomic E-state index is 14.1. The molecular weight excluding hydrogens is 372 g/mol. The monoisotopic (exact) mass is 391 g/mol. The number of hydrogen-bond donors (Lipinski definition) is 1. The summed E-state index contributed by atoms with van der Waals surface area (Å²) >= 11 is 2.99. The van der Waals surface area contributed by atoms with Gasteiger partial charge in [-0.05, 0) is 55.3 Å². The summed E-state index contributed by atoms with van der Waals surface area (Å²) in [6, 6.07) is 2.36. The van der Waals surface area contributed by atoms with Gasteiger partial charge >= 0.3 is 6.09 Å². The summed E-state index contributed by atoms with van der Waals surface area (Å²) in [5, 5.41) is 10.4. The maximum atomic E-state index is 14.1. The maximum Gasteiger partial charge on any atom is 0.410 e. The number of aliphatic hydroxyl groups is 1. The fraction of sp³-hybridized carbons (Fsp3) is 0.562. The van der Waals surface area contributed by atoms with E-state index >= 15 is 0 Å². The van der Waals surface area contributed by atoms with Crippen LogP contribution >= 0.6 is 15.9 Å². The number of amides is 1. The smallest absolute Gasteiger partial charge is 0.410 e. The third-order valence-corrected chi connectivity index (χ3v) is 4.31. The third kappa shape index (κ3) is 4.20. The third-order valence-electron chi connectivity index (χ3n) is 3.70. The molecule has 1 aromatic carbocycles. The lowest BCUT2D eigenvalue weighted by Gasteiger charge is -2.25. The van der Waals surface area contributed by atoms with E-state index in [1.165, 1.54) is 11.0 Å². The molecule has 1 aromatic rings. The summed E-state index contributed by atoms with van der Waals surface area (Å²) in [4.78, 5) is 13.5. The van der Waals surface area contributed by atoms with E-state index in [0.717, 1.165) is 6.07 Å². The Morgan fingerprint density at radius 2 is 2.09 bits per heavy atom. The van der Waals surface area contributed by atoms with Crippen molar-refractivity contribution in [3.8, 4) is 0 Å². The van der Waals surface area contributed by atoms with Crippen LogP contribution in [0, 0.1) is 17.6 Å². The second-order valence-corrected chi connectivity index (χ2v) is 7.53. The molecule has 128 valence electrons. The van der Waals surface area contributed by atoms with Crippen LogP contribution in [0.5, 0.6) is 0 Å². The molecule has 0 spiro atoms. The molecule has 0 aliphatic carbocycles. The van der Waals surface area contributed by atoms with Gasteiger partial charge in [0.15, 0.2) is 0 Å². The topological polar surface area (TPSA) is 49.8 Å². The van der Waals surface area contributed by atoms with Gasteiger partial charge in [-0.1, -0.05) is 0 Å². The molecule has 4 nitrogen and oxygen atoms in total. The lowest BCUT2D eigenvalue weighted by Crippen LogP contribution is -2.35. The Morgan fingerprint density at radius 1 is 1.43 bits per heavy atom. The minimum absolute atomic E-state index is 0.0925. The molecule has 1 aliphatic heterocycles. The SMILES string of the molecule is CC(C)(C)OC(=O)N1CCC(C(O)c2c(F)ccc(Br)c2F)C1. The van der Waals surface area contributed by atoms with Crippen molar-refractivity contribution in [2.24, 2.45) is 5.92 Å². The van der Waals surface area contributed by atoms with E-state index in [9.17, 15) is 18.7 Å². The average Bonchev–Trinajstić information content (AvgIpc) is 2.91. The van der Waals surface area contributed by atoms with Gasteiger partial charge in [0.25, 0.3) is 0 Å². The van der Waals surface area contributed by atoms with Crippen molar-refractivity contribution < 1.29 is 23.4 Å². The van der Waals surface area contributed by atoms with Crippen LogP contribution < -0.4 is 0 Å². The van der Waals surface area contributed by atoms with E-state index in [0.29, 0.717) is 13.0 Å². The molecule has 0 radical (unpaired) electrons. The van der Waals surface area contributed by atoms with Crippen LogP contribution in [-0.2, 0) is 4.74 Å². The van der Waals surface area contributed by atoms with Crippen molar-refractivity contribution >= 4 is 22.0 Å². The van der Waals surface area contributed by atoms with Crippen LogP contribution in [0.2, 0.25) is 0 Å². The Kier molecular flexibility index (Phi) is 5.30. The van der Waals surface area contributed by atoms with Gasteiger partial charge in [0.1, 0.15) is 17.2 Å². The molecule has 0 aromatic heterocycles. The second kappa shape index (κ2) is 6.73. The van der Waals surface area contributed by atoms with E-state index in [-0.39, 0.29) is 16.6 Å². The molecule has 1 saturated heterocycles. The Bertz CT molecular complexity index is 604. The standard InChI is InChI=1S/C16H20BrF2NO3/c1-16(2,3)23-15(22)20-7-6-9(8-20)14(21)12-11(18)5-4-10(17)13(12)19/h4-5,9,14,21H,6-8H2,1-3H3. The number of aliphatic hydroxyl groups excluding tert-OH is 1. The zero-order valence-corrected chi connectivity index (χ0v) is 14.9. The van der Waals surface area contributed by atoms with E-state index in [1.54, 1.807) is 20.8 Å². The first-order valence-electron chi connectivity index (χ1n) is 7.39. The first kappa shape index (κ1) is 18.1. The van der Waals surface area contributed by atoms with Crippen LogP contribution in [0.4, 0.5) is 13.6 Å². The van der Waals surface area contributed by atoms with Gasteiger partial charge in [0.05, 0.1) is 16.1 Å². The van der Waals surface area contributed by atoms with Gasteiger partial charge < -0.3 is 14.7 Å². The van der Waals surface area contributed by atoms with Gasteiger partial charge in [-0.3, -0.25) is 0 Å². The Hall–Kier alpha value is -1.21. The summed E-state index contributed by atoms with van der Waals surface area (Å²) < 4.78 is 33.3. The average molecular weight is 392 g/mol. The predicted molar refractivity (Wildman–Crippen MR) is 84.9 cm³/mol. The molecule has 0 saturated carbocycles. The lowest BCUT2D eigenvalue weighted by atomic mass is 9.94. The van der Waals surface area contributed by atoms with E-state index < -0.39 is 35.4 Å². The molecule has 7 heteroatoms. The predicted octanol–water partition coefficient (Wildman–Crippen LogP) is 4.02. The van der Waals surface area contributed by atoms with Crippen molar-refractivity contribution in [2.45, 2.75) is 38.9 Å². The number of carbonyl (C=O) groups excluding carboxylic acids is 1. The van der Waals surface area contributed by atoms with Gasteiger partial charge in [-0.2, -0.15) is 0 Å². The van der Waals surface area contributed by atoms with Crippen molar-refractivity contribution in [1.82, 2.24) is 4.90 Å². The van der Waals surface area contributed by atoms with E-state index in [1.807, 2.05) is 0 Å². The van der Waals surface area contributed by atoms with Crippen LogP contribution in [0.25, 0.3) is 0 Å². The largest absolute Gasteiger partial charge is 0.444 e. The summed E-state index contributed by atoms with van der Waals surface area (Å²) in [5.74, 6) is -2.05. The fourth-order valence-corrected chi connectivity index (χ4v) is 2.93. The van der Waals surface area contributed by atoms with Crippen molar-refractivity contribution in [2.75, 3.05) is 13.1 Å². The normalized spacial score (nSPS) is 19.8. The Balaban J connectivity index is 2.10. The van der Waals surface area contributed by atoms with Crippen LogP contribution in [0.1, 0.15) is 38.9 Å². The zero-order valence-electron chi connectivity index (χ0n) is 13.3. The number of hydrogen-bond acceptors (Lipinski definition) is 3. The number of rotatable bonds is 2.